The van der Waals surface area contributed by atoms with Crippen molar-refractivity contribution >= 4 is 0 Å². The number of nitrogens with zero attached hydrogens (tertiary/aromatic N) is 2. The van der Waals surface area contributed by atoms with Crippen LogP contribution in [0.15, 0.2) is 18.4 Å². The Labute approximate surface area is 122 Å². The lowest BCUT2D eigenvalue weighted by Crippen LogP contribution is -2.20. The van der Waals surface area contributed by atoms with Crippen molar-refractivity contribution in [2.75, 3.05) is 13.2 Å². The van der Waals surface area contributed by atoms with Gasteiger partial charge in [0.25, 0.3) is 0 Å². The van der Waals surface area contributed by atoms with Gasteiger partial charge in [-0.1, -0.05) is 27.4 Å². The van der Waals surface area contributed by atoms with Crippen molar-refractivity contribution in [3.8, 4) is 0 Å². The molecule has 114 valence electrons. The van der Waals surface area contributed by atoms with Crippen LogP contribution in [0.2, 0.25) is 0 Å². The lowest BCUT2D eigenvalue weighted by atomic mass is 9.92. The zero-order valence-electron chi connectivity index (χ0n) is 13.3. The van der Waals surface area contributed by atoms with Crippen LogP contribution in [0.4, 0.5) is 0 Å². The fourth-order valence-corrected chi connectivity index (χ4v) is 2.11. The Morgan fingerprint density at radius 3 is 2.65 bits per heavy atom. The van der Waals surface area contributed by atoms with E-state index >= 15 is 0 Å². The Hall–Kier alpha value is -1.29. The average molecular weight is 280 g/mol. The van der Waals surface area contributed by atoms with Crippen LogP contribution in [0.5, 0.6) is 0 Å². The number of allylic oxidation sites excluding steroid dienone is 1. The van der Waals surface area contributed by atoms with Gasteiger partial charge in [0.1, 0.15) is 0 Å². The Bertz CT molecular complexity index is 430. The first-order valence-corrected chi connectivity index (χ1v) is 7.30. The second kappa shape index (κ2) is 7.48. The van der Waals surface area contributed by atoms with Crippen molar-refractivity contribution in [2.45, 2.75) is 58.9 Å². The highest BCUT2D eigenvalue weighted by molar-refractivity contribution is 5.17. The Kier molecular flexibility index (Phi) is 6.27. The van der Waals surface area contributed by atoms with E-state index < -0.39 is 0 Å². The van der Waals surface area contributed by atoms with Crippen molar-refractivity contribution in [3.05, 3.63) is 29.8 Å². The highest BCUT2D eigenvalue weighted by atomic mass is 16.5. The monoisotopic (exact) mass is 280 g/mol. The smallest absolute Gasteiger partial charge is 0.0851 e. The maximum Gasteiger partial charge on any atom is 0.0851 e. The molecule has 0 amide bonds. The Morgan fingerprint density at radius 2 is 2.05 bits per heavy atom. The standard InChI is InChI=1S/C16H28N2O2/c1-13-12-15(16(3,4)5)18(17-13)9-11-20-10-7-6-8-14(2)19/h12,19H,2,6-11H2,1,3-5H3. The van der Waals surface area contributed by atoms with E-state index in [9.17, 15) is 0 Å². The number of ether oxygens (including phenoxy) is 1. The molecule has 1 heterocycles. The van der Waals surface area contributed by atoms with Gasteiger partial charge in [0.15, 0.2) is 0 Å². The summed E-state index contributed by atoms with van der Waals surface area (Å²) in [5, 5.41) is 13.5. The minimum Gasteiger partial charge on any atom is -0.513 e. The molecule has 0 fully saturated rings. The van der Waals surface area contributed by atoms with E-state index in [1.165, 1.54) is 5.69 Å². The molecule has 1 N–H and O–H groups in total. The zero-order chi connectivity index (χ0) is 15.2. The fourth-order valence-electron chi connectivity index (χ4n) is 2.11. The topological polar surface area (TPSA) is 47.3 Å². The molecule has 0 unspecified atom stereocenters. The van der Waals surface area contributed by atoms with Gasteiger partial charge >= 0.3 is 0 Å². The second-order valence-corrected chi connectivity index (χ2v) is 6.28. The van der Waals surface area contributed by atoms with E-state index in [2.05, 4.69) is 38.5 Å². The van der Waals surface area contributed by atoms with Crippen molar-refractivity contribution in [3.63, 3.8) is 0 Å². The maximum atomic E-state index is 8.97. The molecule has 1 rings (SSSR count). The molecule has 4 heteroatoms. The van der Waals surface area contributed by atoms with Gasteiger partial charge in [0.2, 0.25) is 0 Å². The van der Waals surface area contributed by atoms with Gasteiger partial charge < -0.3 is 9.84 Å². The van der Waals surface area contributed by atoms with Crippen LogP contribution in [0.25, 0.3) is 0 Å². The lowest BCUT2D eigenvalue weighted by molar-refractivity contribution is 0.118. The number of aromatic nitrogens is 2. The summed E-state index contributed by atoms with van der Waals surface area (Å²) in [7, 11) is 0. The van der Waals surface area contributed by atoms with Crippen molar-refractivity contribution < 1.29 is 9.84 Å². The number of unbranched alkanes of at least 4 members (excludes halogenated alkanes) is 1. The summed E-state index contributed by atoms with van der Waals surface area (Å²) in [6.45, 7) is 14.3. The third-order valence-corrected chi connectivity index (χ3v) is 3.12. The molecule has 1 aromatic rings. The van der Waals surface area contributed by atoms with Crippen LogP contribution < -0.4 is 0 Å². The third-order valence-electron chi connectivity index (χ3n) is 3.12. The molecule has 1 aromatic heterocycles. The highest BCUT2D eigenvalue weighted by Crippen LogP contribution is 2.22. The van der Waals surface area contributed by atoms with E-state index in [0.29, 0.717) is 13.0 Å². The second-order valence-electron chi connectivity index (χ2n) is 6.28. The molecule has 0 bridgehead atoms. The summed E-state index contributed by atoms with van der Waals surface area (Å²) >= 11 is 0. The number of rotatable bonds is 8. The number of hydrogen-bond donors (Lipinski definition) is 1. The van der Waals surface area contributed by atoms with Crippen LogP contribution >= 0.6 is 0 Å². The number of aliphatic hydroxyl groups is 1. The predicted octanol–water partition coefficient (Wildman–Crippen LogP) is 3.75. The van der Waals surface area contributed by atoms with Crippen LogP contribution in [-0.2, 0) is 16.7 Å². The largest absolute Gasteiger partial charge is 0.513 e. The molecular formula is C16H28N2O2. The van der Waals surface area contributed by atoms with Crippen molar-refractivity contribution in [1.29, 1.82) is 0 Å². The molecule has 0 spiro atoms. The highest BCUT2D eigenvalue weighted by Gasteiger charge is 2.19. The summed E-state index contributed by atoms with van der Waals surface area (Å²) in [5.41, 5.74) is 2.40. The summed E-state index contributed by atoms with van der Waals surface area (Å²) in [6.07, 6.45) is 2.53. The summed E-state index contributed by atoms with van der Waals surface area (Å²) in [5.74, 6) is 0.256. The van der Waals surface area contributed by atoms with Gasteiger partial charge in [0, 0.05) is 24.1 Å². The quantitative estimate of drug-likeness (QED) is 0.583. The van der Waals surface area contributed by atoms with Gasteiger partial charge in [-0.25, -0.2) is 0 Å². The number of aryl methyl sites for hydroxylation is 1. The van der Waals surface area contributed by atoms with Gasteiger partial charge in [-0.3, -0.25) is 4.68 Å². The van der Waals surface area contributed by atoms with Gasteiger partial charge in [-0.15, -0.1) is 0 Å². The van der Waals surface area contributed by atoms with Gasteiger partial charge in [-0.05, 0) is 25.8 Å². The molecule has 0 aromatic carbocycles. The van der Waals surface area contributed by atoms with E-state index in [1.54, 1.807) is 0 Å². The Balaban J connectivity index is 2.30. The molecule has 0 aliphatic carbocycles. The average Bonchev–Trinajstić information content (AvgIpc) is 2.68. The van der Waals surface area contributed by atoms with E-state index in [1.807, 2.05) is 11.6 Å². The predicted molar refractivity (Wildman–Crippen MR) is 82.1 cm³/mol. The molecule has 0 saturated carbocycles. The minimum absolute atomic E-state index is 0.0999. The first kappa shape index (κ1) is 16.8. The third kappa shape index (κ3) is 5.78. The molecule has 0 radical (unpaired) electrons. The summed E-state index contributed by atoms with van der Waals surface area (Å²) < 4.78 is 7.67. The number of hydrogen-bond acceptors (Lipinski definition) is 3. The van der Waals surface area contributed by atoms with E-state index in [-0.39, 0.29) is 11.2 Å². The van der Waals surface area contributed by atoms with Crippen LogP contribution in [0.1, 0.15) is 51.4 Å². The Morgan fingerprint density at radius 1 is 1.35 bits per heavy atom. The molecule has 4 nitrogen and oxygen atoms in total. The molecular weight excluding hydrogens is 252 g/mol. The van der Waals surface area contributed by atoms with E-state index in [4.69, 9.17) is 9.84 Å². The van der Waals surface area contributed by atoms with E-state index in [0.717, 1.165) is 31.7 Å². The van der Waals surface area contributed by atoms with Crippen LogP contribution in [0.3, 0.4) is 0 Å². The van der Waals surface area contributed by atoms with Crippen LogP contribution in [-0.4, -0.2) is 28.1 Å². The first-order valence-electron chi connectivity index (χ1n) is 7.30. The minimum atomic E-state index is 0.0999. The van der Waals surface area contributed by atoms with Crippen molar-refractivity contribution in [2.24, 2.45) is 0 Å². The molecule has 0 aliphatic rings. The fraction of sp³-hybridized carbons (Fsp3) is 0.688. The summed E-state index contributed by atoms with van der Waals surface area (Å²) in [4.78, 5) is 0. The van der Waals surface area contributed by atoms with Crippen LogP contribution in [0, 0.1) is 6.92 Å². The lowest BCUT2D eigenvalue weighted by Gasteiger charge is -2.20. The summed E-state index contributed by atoms with van der Waals surface area (Å²) in [6, 6.07) is 2.15. The number of aliphatic hydroxyl groups excluding tert-OH is 1. The molecule has 0 saturated heterocycles. The van der Waals surface area contributed by atoms with Gasteiger partial charge in [0.05, 0.1) is 24.6 Å². The zero-order valence-corrected chi connectivity index (χ0v) is 13.3. The first-order chi connectivity index (χ1) is 9.30. The van der Waals surface area contributed by atoms with Gasteiger partial charge in [-0.2, -0.15) is 5.10 Å². The molecule has 0 aliphatic heterocycles. The maximum absolute atomic E-state index is 8.97. The van der Waals surface area contributed by atoms with Crippen molar-refractivity contribution in [1.82, 2.24) is 9.78 Å². The molecule has 20 heavy (non-hydrogen) atoms. The normalized spacial score (nSPS) is 11.8. The molecule has 0 atom stereocenters. The SMILES string of the molecule is C=C(O)CCCCOCCn1nc(C)cc1C(C)(C)C.